The fourth-order valence-electron chi connectivity index (χ4n) is 1.41. The molecule has 2 heterocycles. The van der Waals surface area contributed by atoms with Crippen LogP contribution in [0.1, 0.15) is 6.92 Å². The lowest BCUT2D eigenvalue weighted by Crippen LogP contribution is -1.99. The van der Waals surface area contributed by atoms with E-state index in [0.29, 0.717) is 5.82 Å². The number of imidazole rings is 2. The summed E-state index contributed by atoms with van der Waals surface area (Å²) >= 11 is 0. The Morgan fingerprint density at radius 2 is 2.21 bits per heavy atom. The summed E-state index contributed by atoms with van der Waals surface area (Å²) in [6, 6.07) is 0. The Hall–Kier alpha value is -1.78. The molecule has 0 aliphatic heterocycles. The summed E-state index contributed by atoms with van der Waals surface area (Å²) in [6.07, 6.45) is 5.27. The van der Waals surface area contributed by atoms with Gasteiger partial charge in [0.15, 0.2) is 0 Å². The number of hydrogen-bond acceptors (Lipinski definition) is 3. The van der Waals surface area contributed by atoms with Gasteiger partial charge in [0.1, 0.15) is 11.5 Å². The molecule has 0 radical (unpaired) electrons. The van der Waals surface area contributed by atoms with Crippen LogP contribution in [0.25, 0.3) is 11.4 Å². The van der Waals surface area contributed by atoms with Crippen LogP contribution in [0.5, 0.6) is 0 Å². The third-order valence-corrected chi connectivity index (χ3v) is 2.28. The van der Waals surface area contributed by atoms with Gasteiger partial charge in [-0.05, 0) is 6.92 Å². The molecule has 0 saturated heterocycles. The van der Waals surface area contributed by atoms with Crippen molar-refractivity contribution < 1.29 is 0 Å². The van der Waals surface area contributed by atoms with Crippen LogP contribution in [0, 0.1) is 0 Å². The molecule has 5 heteroatoms. The molecule has 5 nitrogen and oxygen atoms in total. The quantitative estimate of drug-likeness (QED) is 0.766. The number of aryl methyl sites for hydroxylation is 2. The fourth-order valence-corrected chi connectivity index (χ4v) is 1.41. The number of nitrogen functional groups attached to an aromatic ring is 1. The summed E-state index contributed by atoms with van der Waals surface area (Å²) < 4.78 is 3.81. The zero-order valence-electron chi connectivity index (χ0n) is 8.31. The molecule has 0 spiro atoms. The highest BCUT2D eigenvalue weighted by Crippen LogP contribution is 2.22. The summed E-state index contributed by atoms with van der Waals surface area (Å²) in [4.78, 5) is 8.32. The normalized spacial score (nSPS) is 10.7. The first-order valence-corrected chi connectivity index (χ1v) is 4.51. The van der Waals surface area contributed by atoms with Gasteiger partial charge in [0.05, 0.1) is 24.5 Å². The Labute approximate surface area is 82.2 Å². The number of rotatable bonds is 2. The molecule has 0 atom stereocenters. The molecular formula is C9H13N5. The van der Waals surface area contributed by atoms with Crippen LogP contribution in [0.4, 0.5) is 5.82 Å². The highest BCUT2D eigenvalue weighted by atomic mass is 15.1. The highest BCUT2D eigenvalue weighted by molar-refractivity contribution is 5.66. The minimum atomic E-state index is 0.667. The maximum Gasteiger partial charge on any atom is 0.132 e. The Kier molecular flexibility index (Phi) is 1.99. The van der Waals surface area contributed by atoms with Crippen molar-refractivity contribution in [1.82, 2.24) is 19.1 Å². The van der Waals surface area contributed by atoms with Gasteiger partial charge in [-0.15, -0.1) is 0 Å². The van der Waals surface area contributed by atoms with E-state index in [1.807, 2.05) is 11.6 Å². The third kappa shape index (κ3) is 1.17. The van der Waals surface area contributed by atoms with Crippen LogP contribution < -0.4 is 5.73 Å². The van der Waals surface area contributed by atoms with Crippen molar-refractivity contribution in [2.24, 2.45) is 7.05 Å². The number of hydrogen-bond donors (Lipinski definition) is 1. The molecular weight excluding hydrogens is 178 g/mol. The smallest absolute Gasteiger partial charge is 0.132 e. The minimum Gasteiger partial charge on any atom is -0.383 e. The SMILES string of the molecule is CCn1cncc1-c1ncn(C)c1N. The van der Waals surface area contributed by atoms with Crippen LogP contribution in [0.3, 0.4) is 0 Å². The fraction of sp³-hybridized carbons (Fsp3) is 0.333. The van der Waals surface area contributed by atoms with Gasteiger partial charge in [-0.2, -0.15) is 0 Å². The lowest BCUT2D eigenvalue weighted by molar-refractivity contribution is 0.767. The van der Waals surface area contributed by atoms with Gasteiger partial charge in [0.25, 0.3) is 0 Å². The lowest BCUT2D eigenvalue weighted by Gasteiger charge is -2.03. The van der Waals surface area contributed by atoms with Crippen molar-refractivity contribution in [1.29, 1.82) is 0 Å². The van der Waals surface area contributed by atoms with Gasteiger partial charge in [0, 0.05) is 13.6 Å². The summed E-state index contributed by atoms with van der Waals surface area (Å²) in [5.74, 6) is 0.667. The Morgan fingerprint density at radius 3 is 2.79 bits per heavy atom. The van der Waals surface area contributed by atoms with Gasteiger partial charge < -0.3 is 14.9 Å². The molecule has 2 rings (SSSR count). The van der Waals surface area contributed by atoms with Gasteiger partial charge in [-0.1, -0.05) is 0 Å². The second-order valence-electron chi connectivity index (χ2n) is 3.15. The predicted molar refractivity (Wildman–Crippen MR) is 54.5 cm³/mol. The van der Waals surface area contributed by atoms with E-state index in [1.165, 1.54) is 0 Å². The number of nitrogens with zero attached hydrogens (tertiary/aromatic N) is 4. The molecule has 0 aliphatic rings. The van der Waals surface area contributed by atoms with Gasteiger partial charge >= 0.3 is 0 Å². The Balaban J connectivity index is 2.54. The summed E-state index contributed by atoms with van der Waals surface area (Å²) in [7, 11) is 1.87. The van der Waals surface area contributed by atoms with Crippen LogP contribution in [0.15, 0.2) is 18.9 Å². The molecule has 0 saturated carbocycles. The first kappa shape index (κ1) is 8.80. The van der Waals surface area contributed by atoms with Crippen LogP contribution in [-0.4, -0.2) is 19.1 Å². The average molecular weight is 191 g/mol. The molecule has 74 valence electrons. The van der Waals surface area contributed by atoms with Gasteiger partial charge in [-0.3, -0.25) is 0 Å². The van der Waals surface area contributed by atoms with Gasteiger partial charge in [-0.25, -0.2) is 9.97 Å². The first-order valence-electron chi connectivity index (χ1n) is 4.51. The molecule has 0 amide bonds. The third-order valence-electron chi connectivity index (χ3n) is 2.28. The topological polar surface area (TPSA) is 61.7 Å². The average Bonchev–Trinajstić information content (AvgIpc) is 2.75. The van der Waals surface area contributed by atoms with Crippen LogP contribution in [-0.2, 0) is 13.6 Å². The number of anilines is 1. The van der Waals surface area contributed by atoms with Crippen molar-refractivity contribution >= 4 is 5.82 Å². The number of nitrogens with two attached hydrogens (primary N) is 1. The van der Waals surface area contributed by atoms with E-state index >= 15 is 0 Å². The molecule has 2 N–H and O–H groups in total. The van der Waals surface area contributed by atoms with E-state index in [4.69, 9.17) is 5.73 Å². The van der Waals surface area contributed by atoms with Crippen molar-refractivity contribution in [3.8, 4) is 11.4 Å². The highest BCUT2D eigenvalue weighted by Gasteiger charge is 2.11. The minimum absolute atomic E-state index is 0.667. The van der Waals surface area contributed by atoms with E-state index in [1.54, 1.807) is 23.4 Å². The van der Waals surface area contributed by atoms with Crippen molar-refractivity contribution in [3.05, 3.63) is 18.9 Å². The number of aromatic nitrogens is 4. The van der Waals surface area contributed by atoms with E-state index in [9.17, 15) is 0 Å². The summed E-state index contributed by atoms with van der Waals surface area (Å²) in [6.45, 7) is 2.93. The van der Waals surface area contributed by atoms with Crippen molar-refractivity contribution in [3.63, 3.8) is 0 Å². The second-order valence-corrected chi connectivity index (χ2v) is 3.15. The van der Waals surface area contributed by atoms with Crippen LogP contribution in [0.2, 0.25) is 0 Å². The molecule has 2 aromatic rings. The Bertz CT molecular complexity index is 440. The molecule has 0 bridgehead atoms. The molecule has 0 aliphatic carbocycles. The van der Waals surface area contributed by atoms with Crippen molar-refractivity contribution in [2.75, 3.05) is 5.73 Å². The first-order chi connectivity index (χ1) is 6.74. The molecule has 0 fully saturated rings. The largest absolute Gasteiger partial charge is 0.383 e. The molecule has 0 aromatic carbocycles. The van der Waals surface area contributed by atoms with Crippen molar-refractivity contribution in [2.45, 2.75) is 13.5 Å². The zero-order valence-corrected chi connectivity index (χ0v) is 8.31. The van der Waals surface area contributed by atoms with Crippen LogP contribution >= 0.6 is 0 Å². The van der Waals surface area contributed by atoms with E-state index in [-0.39, 0.29) is 0 Å². The van der Waals surface area contributed by atoms with E-state index in [0.717, 1.165) is 17.9 Å². The monoisotopic (exact) mass is 191 g/mol. The molecule has 2 aromatic heterocycles. The standard InChI is InChI=1S/C9H13N5/c1-3-14-5-11-4-7(14)8-9(10)13(2)6-12-8/h4-6H,3,10H2,1-2H3. The zero-order chi connectivity index (χ0) is 10.1. The lowest BCUT2D eigenvalue weighted by atomic mass is 10.3. The summed E-state index contributed by atoms with van der Waals surface area (Å²) in [5.41, 5.74) is 7.64. The maximum absolute atomic E-state index is 5.88. The van der Waals surface area contributed by atoms with Gasteiger partial charge in [0.2, 0.25) is 0 Å². The maximum atomic E-state index is 5.88. The van der Waals surface area contributed by atoms with E-state index in [2.05, 4.69) is 16.9 Å². The predicted octanol–water partition coefficient (Wildman–Crippen LogP) is 0.886. The Morgan fingerprint density at radius 1 is 1.43 bits per heavy atom. The van der Waals surface area contributed by atoms with E-state index < -0.39 is 0 Å². The molecule has 14 heavy (non-hydrogen) atoms. The molecule has 0 unspecified atom stereocenters. The second kappa shape index (κ2) is 3.17. The summed E-state index contributed by atoms with van der Waals surface area (Å²) in [5, 5.41) is 0.